The van der Waals surface area contributed by atoms with Gasteiger partial charge in [-0.15, -0.1) is 0 Å². The van der Waals surface area contributed by atoms with Crippen LogP contribution in [0.1, 0.15) is 26.3 Å². The van der Waals surface area contributed by atoms with Crippen LogP contribution in [-0.4, -0.2) is 25.3 Å². The minimum atomic E-state index is -0.170. The highest BCUT2D eigenvalue weighted by Crippen LogP contribution is 2.34. The maximum absolute atomic E-state index is 12.5. The van der Waals surface area contributed by atoms with Crippen LogP contribution in [0.15, 0.2) is 78.6 Å². The molecule has 3 aromatic carbocycles. The second-order valence-corrected chi connectivity index (χ2v) is 6.45. The third-order valence-electron chi connectivity index (χ3n) is 4.52. The quantitative estimate of drug-likeness (QED) is 0.459. The molecule has 0 N–H and O–H groups in total. The minimum Gasteiger partial charge on any atom is -0.497 e. The van der Waals surface area contributed by atoms with Crippen molar-refractivity contribution in [1.29, 1.82) is 0 Å². The van der Waals surface area contributed by atoms with Gasteiger partial charge in [-0.05, 0) is 35.9 Å². The van der Waals surface area contributed by atoms with Crippen molar-refractivity contribution in [1.82, 2.24) is 0 Å². The van der Waals surface area contributed by atoms with Gasteiger partial charge in [0.1, 0.15) is 17.2 Å². The fourth-order valence-corrected chi connectivity index (χ4v) is 2.96. The third-order valence-corrected chi connectivity index (χ3v) is 4.52. The molecular formula is C24H18O5. The number of hydrogen-bond acceptors (Lipinski definition) is 5. The fourth-order valence-electron chi connectivity index (χ4n) is 2.96. The Balaban J connectivity index is 1.42. The second kappa shape index (κ2) is 8.02. The smallest absolute Gasteiger partial charge is 0.231 e. The van der Waals surface area contributed by atoms with E-state index in [2.05, 4.69) is 0 Å². The molecule has 3 aromatic rings. The van der Waals surface area contributed by atoms with Crippen LogP contribution in [0.25, 0.3) is 6.08 Å². The van der Waals surface area contributed by atoms with Crippen LogP contribution in [-0.2, 0) is 0 Å². The lowest BCUT2D eigenvalue weighted by atomic mass is 10.1. The Bertz CT molecular complexity index is 1080. The first-order chi connectivity index (χ1) is 14.1. The highest BCUT2D eigenvalue weighted by atomic mass is 16.5. The van der Waals surface area contributed by atoms with Gasteiger partial charge in [-0.3, -0.25) is 9.59 Å². The first-order valence-corrected chi connectivity index (χ1v) is 9.07. The zero-order valence-corrected chi connectivity index (χ0v) is 15.8. The average molecular weight is 386 g/mol. The van der Waals surface area contributed by atoms with Gasteiger partial charge < -0.3 is 14.2 Å². The van der Waals surface area contributed by atoms with Crippen molar-refractivity contribution in [2.75, 3.05) is 13.7 Å². The zero-order chi connectivity index (χ0) is 20.2. The largest absolute Gasteiger partial charge is 0.497 e. The van der Waals surface area contributed by atoms with Crippen LogP contribution >= 0.6 is 0 Å². The maximum atomic E-state index is 12.5. The molecule has 0 spiro atoms. The van der Waals surface area contributed by atoms with Crippen LogP contribution in [0.3, 0.4) is 0 Å². The van der Waals surface area contributed by atoms with E-state index >= 15 is 0 Å². The Labute approximate surface area is 168 Å². The molecule has 29 heavy (non-hydrogen) atoms. The predicted octanol–water partition coefficient (Wildman–Crippen LogP) is 4.57. The Hall–Kier alpha value is -3.86. The molecule has 0 fully saturated rings. The summed E-state index contributed by atoms with van der Waals surface area (Å²) in [6, 6.07) is 21.2. The Morgan fingerprint density at radius 1 is 0.966 bits per heavy atom. The number of methoxy groups -OCH3 is 1. The maximum Gasteiger partial charge on any atom is 0.231 e. The summed E-state index contributed by atoms with van der Waals surface area (Å²) in [5.74, 6) is 1.68. The van der Waals surface area contributed by atoms with Gasteiger partial charge in [-0.2, -0.15) is 0 Å². The summed E-state index contributed by atoms with van der Waals surface area (Å²) in [5.41, 5.74) is 1.91. The van der Waals surface area contributed by atoms with E-state index in [1.165, 1.54) is 0 Å². The molecule has 144 valence electrons. The molecule has 0 unspecified atom stereocenters. The number of hydrogen-bond donors (Lipinski definition) is 0. The van der Waals surface area contributed by atoms with Crippen LogP contribution in [0.2, 0.25) is 0 Å². The van der Waals surface area contributed by atoms with E-state index in [1.807, 2.05) is 18.2 Å². The SMILES string of the molecule is COc1ccc2c(c1)O/C(=C/c1ccc(OCC(=O)c3ccccc3)cc1)C2=O. The number of allylic oxidation sites excluding steroid dienone is 1. The molecule has 0 aromatic heterocycles. The first kappa shape index (κ1) is 18.5. The summed E-state index contributed by atoms with van der Waals surface area (Å²) in [6.07, 6.45) is 1.67. The molecule has 0 radical (unpaired) electrons. The van der Waals surface area contributed by atoms with E-state index in [0.717, 1.165) is 5.56 Å². The van der Waals surface area contributed by atoms with E-state index in [9.17, 15) is 9.59 Å². The van der Waals surface area contributed by atoms with Gasteiger partial charge in [0, 0.05) is 11.6 Å². The summed E-state index contributed by atoms with van der Waals surface area (Å²) in [4.78, 5) is 24.6. The lowest BCUT2D eigenvalue weighted by Gasteiger charge is -2.06. The van der Waals surface area contributed by atoms with Crippen molar-refractivity contribution < 1.29 is 23.8 Å². The van der Waals surface area contributed by atoms with Crippen molar-refractivity contribution in [3.63, 3.8) is 0 Å². The standard InChI is InChI=1S/C24H18O5/c1-27-19-11-12-20-22(14-19)29-23(24(20)26)13-16-7-9-18(10-8-16)28-15-21(25)17-5-3-2-4-6-17/h2-14H,15H2,1H3/b23-13+. The zero-order valence-electron chi connectivity index (χ0n) is 15.8. The van der Waals surface area contributed by atoms with Gasteiger partial charge in [0.15, 0.2) is 18.1 Å². The molecule has 1 heterocycles. The molecule has 5 nitrogen and oxygen atoms in total. The number of carbonyl (C=O) groups excluding carboxylic acids is 2. The number of benzene rings is 3. The first-order valence-electron chi connectivity index (χ1n) is 9.07. The lowest BCUT2D eigenvalue weighted by molar-refractivity contribution is 0.0921. The Morgan fingerprint density at radius 2 is 1.69 bits per heavy atom. The molecule has 0 bridgehead atoms. The van der Waals surface area contributed by atoms with Gasteiger partial charge in [0.25, 0.3) is 0 Å². The van der Waals surface area contributed by atoms with E-state index < -0.39 is 0 Å². The lowest BCUT2D eigenvalue weighted by Crippen LogP contribution is -2.11. The Kier molecular flexibility index (Phi) is 5.12. The minimum absolute atomic E-state index is 0.0385. The highest BCUT2D eigenvalue weighted by molar-refractivity contribution is 6.14. The molecule has 1 aliphatic rings. The molecule has 4 rings (SSSR count). The summed E-state index contributed by atoms with van der Waals surface area (Å²) < 4.78 is 16.4. The number of ether oxygens (including phenoxy) is 3. The molecule has 0 saturated carbocycles. The molecule has 0 aliphatic carbocycles. The van der Waals surface area contributed by atoms with Gasteiger partial charge >= 0.3 is 0 Å². The van der Waals surface area contributed by atoms with Crippen molar-refractivity contribution in [3.8, 4) is 17.2 Å². The normalized spacial score (nSPS) is 13.7. The average Bonchev–Trinajstić information content (AvgIpc) is 3.08. The van der Waals surface area contributed by atoms with E-state index in [0.29, 0.717) is 28.4 Å². The van der Waals surface area contributed by atoms with Gasteiger partial charge in [0.05, 0.1) is 12.7 Å². The van der Waals surface area contributed by atoms with E-state index in [4.69, 9.17) is 14.2 Å². The van der Waals surface area contributed by atoms with Crippen molar-refractivity contribution in [2.45, 2.75) is 0 Å². The third kappa shape index (κ3) is 4.04. The summed E-state index contributed by atoms with van der Waals surface area (Å²) in [5, 5.41) is 0. The molecule has 1 aliphatic heterocycles. The second-order valence-electron chi connectivity index (χ2n) is 6.45. The number of ketones is 2. The summed E-state index contributed by atoms with van der Waals surface area (Å²) in [7, 11) is 1.56. The molecular weight excluding hydrogens is 368 g/mol. The van der Waals surface area contributed by atoms with Crippen molar-refractivity contribution >= 4 is 17.6 Å². The Morgan fingerprint density at radius 3 is 2.41 bits per heavy atom. The molecule has 0 saturated heterocycles. The van der Waals surface area contributed by atoms with E-state index in [-0.39, 0.29) is 23.9 Å². The topological polar surface area (TPSA) is 61.8 Å². The van der Waals surface area contributed by atoms with Gasteiger partial charge in [0.2, 0.25) is 5.78 Å². The fraction of sp³-hybridized carbons (Fsp3) is 0.0833. The summed E-state index contributed by atoms with van der Waals surface area (Å²) >= 11 is 0. The molecule has 0 amide bonds. The number of rotatable bonds is 6. The molecule has 5 heteroatoms. The molecule has 0 atom stereocenters. The van der Waals surface area contributed by atoms with Crippen molar-refractivity contribution in [2.24, 2.45) is 0 Å². The van der Waals surface area contributed by atoms with Crippen LogP contribution < -0.4 is 14.2 Å². The predicted molar refractivity (Wildman–Crippen MR) is 109 cm³/mol. The highest BCUT2D eigenvalue weighted by Gasteiger charge is 2.27. The number of fused-ring (bicyclic) bond motifs is 1. The van der Waals surface area contributed by atoms with Gasteiger partial charge in [-0.25, -0.2) is 0 Å². The van der Waals surface area contributed by atoms with E-state index in [1.54, 1.807) is 67.8 Å². The summed E-state index contributed by atoms with van der Waals surface area (Å²) in [6.45, 7) is -0.0385. The number of carbonyl (C=O) groups is 2. The van der Waals surface area contributed by atoms with Crippen LogP contribution in [0.5, 0.6) is 17.2 Å². The van der Waals surface area contributed by atoms with Crippen LogP contribution in [0, 0.1) is 0 Å². The monoisotopic (exact) mass is 386 g/mol. The van der Waals surface area contributed by atoms with Crippen molar-refractivity contribution in [3.05, 3.63) is 95.2 Å². The number of Topliss-reactive ketones (excluding diaryl/α,β-unsaturated/α-hetero) is 2. The van der Waals surface area contributed by atoms with Crippen LogP contribution in [0.4, 0.5) is 0 Å². The van der Waals surface area contributed by atoms with Gasteiger partial charge in [-0.1, -0.05) is 42.5 Å².